The molecule has 1 aliphatic rings. The second kappa shape index (κ2) is 11.3. The van der Waals surface area contributed by atoms with Crippen LogP contribution in [0.3, 0.4) is 0 Å². The molecule has 0 saturated carbocycles. The van der Waals surface area contributed by atoms with Gasteiger partial charge in [0.1, 0.15) is 19.0 Å². The summed E-state index contributed by atoms with van der Waals surface area (Å²) in [7, 11) is 0. The van der Waals surface area contributed by atoms with E-state index in [9.17, 15) is 4.39 Å². The number of nitrogens with zero attached hydrogens (tertiary/aromatic N) is 1. The lowest BCUT2D eigenvalue weighted by Crippen LogP contribution is -2.45. The van der Waals surface area contributed by atoms with Gasteiger partial charge in [-0.25, -0.2) is 4.39 Å². The molecule has 3 nitrogen and oxygen atoms in total. The highest BCUT2D eigenvalue weighted by Crippen LogP contribution is 2.25. The van der Waals surface area contributed by atoms with Crippen LogP contribution < -0.4 is 10.1 Å². The fourth-order valence-electron chi connectivity index (χ4n) is 2.94. The zero-order valence-electron chi connectivity index (χ0n) is 14.1. The molecule has 2 aromatic rings. The van der Waals surface area contributed by atoms with E-state index in [-0.39, 0.29) is 37.5 Å². The van der Waals surface area contributed by atoms with Crippen LogP contribution in [0.1, 0.15) is 17.2 Å². The van der Waals surface area contributed by atoms with Gasteiger partial charge in [0.05, 0.1) is 6.04 Å². The van der Waals surface area contributed by atoms with Crippen LogP contribution in [0.4, 0.5) is 4.39 Å². The molecule has 2 aromatic carbocycles. The summed E-state index contributed by atoms with van der Waals surface area (Å²) in [4.78, 5) is 2.20. The molecule has 25 heavy (non-hydrogen) atoms. The van der Waals surface area contributed by atoms with Gasteiger partial charge in [0.15, 0.2) is 0 Å². The van der Waals surface area contributed by atoms with Crippen LogP contribution in [0, 0.1) is 0 Å². The van der Waals surface area contributed by atoms with Gasteiger partial charge >= 0.3 is 0 Å². The van der Waals surface area contributed by atoms with Crippen molar-refractivity contribution in [3.8, 4) is 5.75 Å². The first-order valence-corrected chi connectivity index (χ1v) is 8.14. The summed E-state index contributed by atoms with van der Waals surface area (Å²) in [6.45, 7) is 3.75. The quantitative estimate of drug-likeness (QED) is 0.810. The maximum Gasteiger partial charge on any atom is 0.120 e. The van der Waals surface area contributed by atoms with Crippen molar-refractivity contribution in [1.82, 2.24) is 10.2 Å². The van der Waals surface area contributed by atoms with Crippen LogP contribution in [0.2, 0.25) is 0 Å². The number of nitrogens with one attached hydrogen (secondary N) is 1. The van der Waals surface area contributed by atoms with Crippen LogP contribution in [0.25, 0.3) is 0 Å². The fourth-order valence-corrected chi connectivity index (χ4v) is 2.94. The Bertz CT molecular complexity index is 609. The van der Waals surface area contributed by atoms with Crippen molar-refractivity contribution in [2.45, 2.75) is 12.6 Å². The monoisotopic (exact) mass is 386 g/mol. The van der Waals surface area contributed by atoms with Crippen molar-refractivity contribution in [2.24, 2.45) is 0 Å². The van der Waals surface area contributed by atoms with Crippen LogP contribution in [0.15, 0.2) is 54.6 Å². The first-order chi connectivity index (χ1) is 11.4. The topological polar surface area (TPSA) is 24.5 Å². The molecule has 0 unspecified atom stereocenters. The van der Waals surface area contributed by atoms with Gasteiger partial charge in [-0.15, -0.1) is 24.8 Å². The molecule has 0 radical (unpaired) electrons. The minimum absolute atomic E-state index is 0. The van der Waals surface area contributed by atoms with Gasteiger partial charge in [-0.2, -0.15) is 0 Å². The van der Waals surface area contributed by atoms with Crippen LogP contribution in [0.5, 0.6) is 5.75 Å². The highest BCUT2D eigenvalue weighted by atomic mass is 35.5. The lowest BCUT2D eigenvalue weighted by atomic mass is 10.1. The second-order valence-electron chi connectivity index (χ2n) is 5.80. The maximum absolute atomic E-state index is 13.6. The van der Waals surface area contributed by atoms with E-state index in [0.29, 0.717) is 6.61 Å². The average molecular weight is 387 g/mol. The molecule has 1 heterocycles. The Hall–Kier alpha value is -1.33. The summed E-state index contributed by atoms with van der Waals surface area (Å²) in [6, 6.07) is 17.7. The van der Waals surface area contributed by atoms with Crippen molar-refractivity contribution in [2.75, 3.05) is 32.9 Å². The third-order valence-corrected chi connectivity index (χ3v) is 4.23. The third-order valence-electron chi connectivity index (χ3n) is 4.23. The summed E-state index contributed by atoms with van der Waals surface area (Å²) in [6.07, 6.45) is 0. The van der Waals surface area contributed by atoms with E-state index in [1.807, 2.05) is 54.6 Å². The minimum atomic E-state index is -0.373. The van der Waals surface area contributed by atoms with Crippen molar-refractivity contribution >= 4 is 24.8 Å². The number of hydrogen-bond acceptors (Lipinski definition) is 3. The Morgan fingerprint density at radius 3 is 2.40 bits per heavy atom. The van der Waals surface area contributed by atoms with E-state index in [0.717, 1.165) is 43.1 Å². The second-order valence-corrected chi connectivity index (χ2v) is 5.80. The molecule has 0 spiro atoms. The van der Waals surface area contributed by atoms with E-state index in [2.05, 4.69) is 10.2 Å². The summed E-state index contributed by atoms with van der Waals surface area (Å²) >= 11 is 0. The molecule has 0 bridgehead atoms. The van der Waals surface area contributed by atoms with E-state index >= 15 is 0 Å². The largest absolute Gasteiger partial charge is 0.489 e. The molecule has 0 aromatic heterocycles. The van der Waals surface area contributed by atoms with Gasteiger partial charge in [0.25, 0.3) is 0 Å². The molecule has 3 rings (SSSR count). The number of hydrogen-bond donors (Lipinski definition) is 1. The van der Waals surface area contributed by atoms with Gasteiger partial charge in [-0.05, 0) is 23.3 Å². The number of benzene rings is 2. The summed E-state index contributed by atoms with van der Waals surface area (Å²) in [5.74, 6) is 0.792. The number of alkyl halides is 1. The van der Waals surface area contributed by atoms with E-state index < -0.39 is 0 Å². The molecular formula is C19H25Cl2FN2O. The summed E-state index contributed by atoms with van der Waals surface area (Å²) in [5.41, 5.74) is 2.11. The third kappa shape index (κ3) is 6.15. The summed E-state index contributed by atoms with van der Waals surface area (Å²) in [5, 5.41) is 3.31. The zero-order chi connectivity index (χ0) is 15.9. The number of rotatable bonds is 6. The standard InChI is InChI=1S/C19H23FN2O.2ClH/c20-14-19(22-11-9-21-10-12-22)17-7-4-8-18(13-17)23-15-16-5-2-1-3-6-16;;/h1-8,13,19,21H,9-12,14-15H2;2*1H/t19-;;/m1../s1. The molecule has 138 valence electrons. The number of piperazine rings is 1. The predicted molar refractivity (Wildman–Crippen MR) is 105 cm³/mol. The van der Waals surface area contributed by atoms with Gasteiger partial charge in [0.2, 0.25) is 0 Å². The van der Waals surface area contributed by atoms with E-state index in [4.69, 9.17) is 4.74 Å². The van der Waals surface area contributed by atoms with Gasteiger partial charge in [0, 0.05) is 26.2 Å². The number of ether oxygens (including phenoxy) is 1. The van der Waals surface area contributed by atoms with Crippen molar-refractivity contribution in [3.63, 3.8) is 0 Å². The van der Waals surface area contributed by atoms with Gasteiger partial charge in [-0.1, -0.05) is 42.5 Å². The highest BCUT2D eigenvalue weighted by molar-refractivity contribution is 5.85. The van der Waals surface area contributed by atoms with E-state index in [1.54, 1.807) is 0 Å². The maximum atomic E-state index is 13.6. The van der Waals surface area contributed by atoms with Crippen LogP contribution >= 0.6 is 24.8 Å². The predicted octanol–water partition coefficient (Wildman–Crippen LogP) is 4.03. The molecule has 1 N–H and O–H groups in total. The first-order valence-electron chi connectivity index (χ1n) is 8.14. The molecule has 6 heteroatoms. The zero-order valence-corrected chi connectivity index (χ0v) is 15.7. The first kappa shape index (κ1) is 21.7. The molecule has 1 fully saturated rings. The molecule has 1 aliphatic heterocycles. The summed E-state index contributed by atoms with van der Waals surface area (Å²) < 4.78 is 19.5. The lowest BCUT2D eigenvalue weighted by molar-refractivity contribution is 0.147. The van der Waals surface area contributed by atoms with Crippen molar-refractivity contribution < 1.29 is 9.13 Å². The molecule has 1 saturated heterocycles. The van der Waals surface area contributed by atoms with Gasteiger partial charge < -0.3 is 10.1 Å². The molecule has 0 aliphatic carbocycles. The fraction of sp³-hybridized carbons (Fsp3) is 0.368. The normalized spacial score (nSPS) is 15.6. The molecule has 1 atom stereocenters. The lowest BCUT2D eigenvalue weighted by Gasteiger charge is -2.33. The highest BCUT2D eigenvalue weighted by Gasteiger charge is 2.22. The number of halogens is 3. The Morgan fingerprint density at radius 2 is 1.72 bits per heavy atom. The Kier molecular flexibility index (Phi) is 9.83. The van der Waals surface area contributed by atoms with Gasteiger partial charge in [-0.3, -0.25) is 4.90 Å². The minimum Gasteiger partial charge on any atom is -0.489 e. The smallest absolute Gasteiger partial charge is 0.120 e. The SMILES string of the molecule is Cl.Cl.FC[C@H](c1cccc(OCc2ccccc2)c1)N1CCNCC1. The van der Waals surface area contributed by atoms with Crippen molar-refractivity contribution in [3.05, 3.63) is 65.7 Å². The van der Waals surface area contributed by atoms with Crippen molar-refractivity contribution in [1.29, 1.82) is 0 Å². The average Bonchev–Trinajstić information content (AvgIpc) is 2.63. The Morgan fingerprint density at radius 1 is 1.00 bits per heavy atom. The van der Waals surface area contributed by atoms with Crippen LogP contribution in [-0.4, -0.2) is 37.8 Å². The van der Waals surface area contributed by atoms with E-state index in [1.165, 1.54) is 0 Å². The molecule has 0 amide bonds. The van der Waals surface area contributed by atoms with Crippen LogP contribution in [-0.2, 0) is 6.61 Å². The Balaban J connectivity index is 0.00000156. The molecular weight excluding hydrogens is 362 g/mol. The Labute approximate surface area is 161 Å².